The Morgan fingerprint density at radius 2 is 2.18 bits per heavy atom. The highest BCUT2D eigenvalue weighted by Crippen LogP contribution is 2.21. The van der Waals surface area contributed by atoms with Gasteiger partial charge in [-0.3, -0.25) is 0 Å². The summed E-state index contributed by atoms with van der Waals surface area (Å²) in [5.41, 5.74) is 1.90. The summed E-state index contributed by atoms with van der Waals surface area (Å²) >= 11 is 0. The summed E-state index contributed by atoms with van der Waals surface area (Å²) in [6.07, 6.45) is 4.82. The molecule has 2 nitrogen and oxygen atoms in total. The number of piperidine rings is 1. The summed E-state index contributed by atoms with van der Waals surface area (Å²) in [4.78, 5) is 1.83. The Morgan fingerprint density at radius 1 is 1.35 bits per heavy atom. The van der Waals surface area contributed by atoms with Crippen LogP contribution in [0.2, 0.25) is 0 Å². The molecule has 1 aliphatic heterocycles. The quantitative estimate of drug-likeness (QED) is 0.867. The van der Waals surface area contributed by atoms with E-state index in [4.69, 9.17) is 0 Å². The van der Waals surface area contributed by atoms with Gasteiger partial charge in [0, 0.05) is 20.1 Å². The fraction of sp³-hybridized carbons (Fsp3) is 0.571. The summed E-state index contributed by atoms with van der Waals surface area (Å²) in [7, 11) is 3.75. The lowest BCUT2D eigenvalue weighted by atomic mass is 9.97. The molecule has 0 bridgehead atoms. The van der Waals surface area contributed by atoms with Gasteiger partial charge in [0.15, 0.2) is 0 Å². The molecule has 1 unspecified atom stereocenters. The number of hydrogen-bond acceptors (Lipinski definition) is 2. The van der Waals surface area contributed by atoms with Gasteiger partial charge in [0.2, 0.25) is 0 Å². The second-order valence-electron chi connectivity index (χ2n) is 5.03. The van der Waals surface area contributed by atoms with Crippen LogP contribution in [0.4, 0.5) is 10.1 Å². The van der Waals surface area contributed by atoms with Crippen LogP contribution in [0.5, 0.6) is 0 Å². The SMILES string of the molecule is CN(C)c1cc(CC2CCCCN2)ccc1F. The van der Waals surface area contributed by atoms with Gasteiger partial charge in [0.1, 0.15) is 5.82 Å². The molecule has 17 heavy (non-hydrogen) atoms. The Kier molecular flexibility index (Phi) is 4.00. The van der Waals surface area contributed by atoms with Crippen LogP contribution >= 0.6 is 0 Å². The van der Waals surface area contributed by atoms with Gasteiger partial charge in [-0.15, -0.1) is 0 Å². The topological polar surface area (TPSA) is 15.3 Å². The highest BCUT2D eigenvalue weighted by atomic mass is 19.1. The van der Waals surface area contributed by atoms with E-state index in [1.807, 2.05) is 31.1 Å². The van der Waals surface area contributed by atoms with Crippen LogP contribution in [0.25, 0.3) is 0 Å². The van der Waals surface area contributed by atoms with Crippen molar-refractivity contribution in [3.8, 4) is 0 Å². The van der Waals surface area contributed by atoms with Crippen LogP contribution in [-0.2, 0) is 6.42 Å². The van der Waals surface area contributed by atoms with Crippen molar-refractivity contribution in [1.82, 2.24) is 5.32 Å². The van der Waals surface area contributed by atoms with E-state index >= 15 is 0 Å². The molecule has 1 aromatic rings. The minimum absolute atomic E-state index is 0.143. The largest absolute Gasteiger partial charge is 0.375 e. The molecule has 1 atom stereocenters. The highest BCUT2D eigenvalue weighted by Gasteiger charge is 2.14. The molecule has 0 saturated carbocycles. The standard InChI is InChI=1S/C14H21FN2/c1-17(2)14-10-11(6-7-13(14)15)9-12-5-3-4-8-16-12/h6-7,10,12,16H,3-5,8-9H2,1-2H3. The van der Waals surface area contributed by atoms with Crippen LogP contribution in [0.1, 0.15) is 24.8 Å². The first-order valence-corrected chi connectivity index (χ1v) is 6.36. The van der Waals surface area contributed by atoms with E-state index in [1.165, 1.54) is 24.8 Å². The number of anilines is 1. The number of benzene rings is 1. The minimum atomic E-state index is -0.143. The molecule has 1 N–H and O–H groups in total. The third-order valence-corrected chi connectivity index (χ3v) is 3.39. The molecule has 1 heterocycles. The monoisotopic (exact) mass is 236 g/mol. The number of nitrogens with zero attached hydrogens (tertiary/aromatic N) is 1. The molecular weight excluding hydrogens is 215 g/mol. The van der Waals surface area contributed by atoms with Gasteiger partial charge in [-0.2, -0.15) is 0 Å². The maximum atomic E-state index is 13.5. The normalized spacial score (nSPS) is 20.3. The predicted molar refractivity (Wildman–Crippen MR) is 70.1 cm³/mol. The Balaban J connectivity index is 2.07. The second-order valence-corrected chi connectivity index (χ2v) is 5.03. The van der Waals surface area contributed by atoms with E-state index in [2.05, 4.69) is 5.32 Å². The molecule has 1 aromatic carbocycles. The molecule has 0 aliphatic carbocycles. The first-order chi connectivity index (χ1) is 8.16. The molecule has 0 amide bonds. The zero-order valence-electron chi connectivity index (χ0n) is 10.7. The van der Waals surface area contributed by atoms with E-state index in [9.17, 15) is 4.39 Å². The smallest absolute Gasteiger partial charge is 0.146 e. The lowest BCUT2D eigenvalue weighted by Crippen LogP contribution is -2.35. The molecule has 2 rings (SSSR count). The van der Waals surface area contributed by atoms with Gasteiger partial charge >= 0.3 is 0 Å². The van der Waals surface area contributed by atoms with Crippen molar-refractivity contribution in [2.24, 2.45) is 0 Å². The average Bonchev–Trinajstić information content (AvgIpc) is 2.32. The van der Waals surface area contributed by atoms with Gasteiger partial charge in [0.05, 0.1) is 5.69 Å². The number of halogens is 1. The number of rotatable bonds is 3. The summed E-state index contributed by atoms with van der Waals surface area (Å²) < 4.78 is 13.5. The molecular formula is C14H21FN2. The maximum absolute atomic E-state index is 13.5. The summed E-state index contributed by atoms with van der Waals surface area (Å²) in [5, 5.41) is 3.52. The van der Waals surface area contributed by atoms with Gasteiger partial charge in [0.25, 0.3) is 0 Å². The van der Waals surface area contributed by atoms with E-state index in [1.54, 1.807) is 6.07 Å². The average molecular weight is 236 g/mol. The first-order valence-electron chi connectivity index (χ1n) is 6.36. The van der Waals surface area contributed by atoms with Crippen LogP contribution in [0.15, 0.2) is 18.2 Å². The summed E-state index contributed by atoms with van der Waals surface area (Å²) in [6.45, 7) is 1.12. The zero-order valence-corrected chi connectivity index (χ0v) is 10.7. The first kappa shape index (κ1) is 12.4. The molecule has 94 valence electrons. The zero-order chi connectivity index (χ0) is 12.3. The van der Waals surface area contributed by atoms with Crippen molar-refractivity contribution in [1.29, 1.82) is 0 Å². The van der Waals surface area contributed by atoms with Crippen LogP contribution in [0.3, 0.4) is 0 Å². The number of hydrogen-bond donors (Lipinski definition) is 1. The van der Waals surface area contributed by atoms with Crippen molar-refractivity contribution in [2.45, 2.75) is 31.7 Å². The molecule has 0 radical (unpaired) electrons. The Labute approximate surface area is 103 Å². The fourth-order valence-electron chi connectivity index (χ4n) is 2.41. The van der Waals surface area contributed by atoms with Gasteiger partial charge in [-0.05, 0) is 43.5 Å². The van der Waals surface area contributed by atoms with Crippen molar-refractivity contribution in [3.63, 3.8) is 0 Å². The lowest BCUT2D eigenvalue weighted by Gasteiger charge is -2.24. The molecule has 1 aliphatic rings. The minimum Gasteiger partial charge on any atom is -0.375 e. The van der Waals surface area contributed by atoms with E-state index in [0.29, 0.717) is 11.7 Å². The Hall–Kier alpha value is -1.09. The van der Waals surface area contributed by atoms with E-state index < -0.39 is 0 Å². The van der Waals surface area contributed by atoms with Crippen LogP contribution in [-0.4, -0.2) is 26.7 Å². The van der Waals surface area contributed by atoms with Gasteiger partial charge < -0.3 is 10.2 Å². The van der Waals surface area contributed by atoms with Crippen LogP contribution < -0.4 is 10.2 Å². The van der Waals surface area contributed by atoms with Crippen molar-refractivity contribution < 1.29 is 4.39 Å². The van der Waals surface area contributed by atoms with Gasteiger partial charge in [-0.1, -0.05) is 12.5 Å². The summed E-state index contributed by atoms with van der Waals surface area (Å²) in [5.74, 6) is -0.143. The number of nitrogens with one attached hydrogen (secondary N) is 1. The highest BCUT2D eigenvalue weighted by molar-refractivity contribution is 5.48. The Bertz CT molecular complexity index is 370. The molecule has 0 aromatic heterocycles. The van der Waals surface area contributed by atoms with Gasteiger partial charge in [-0.25, -0.2) is 4.39 Å². The molecule has 1 saturated heterocycles. The van der Waals surface area contributed by atoms with E-state index in [-0.39, 0.29) is 5.82 Å². The molecule has 3 heteroatoms. The lowest BCUT2D eigenvalue weighted by molar-refractivity contribution is 0.399. The maximum Gasteiger partial charge on any atom is 0.146 e. The van der Waals surface area contributed by atoms with E-state index in [0.717, 1.165) is 13.0 Å². The van der Waals surface area contributed by atoms with Crippen molar-refractivity contribution in [3.05, 3.63) is 29.6 Å². The van der Waals surface area contributed by atoms with Crippen molar-refractivity contribution >= 4 is 5.69 Å². The van der Waals surface area contributed by atoms with Crippen molar-refractivity contribution in [2.75, 3.05) is 25.5 Å². The summed E-state index contributed by atoms with van der Waals surface area (Å²) in [6, 6.07) is 6.00. The fourth-order valence-corrected chi connectivity index (χ4v) is 2.41. The van der Waals surface area contributed by atoms with Crippen LogP contribution in [0, 0.1) is 5.82 Å². The third-order valence-electron chi connectivity index (χ3n) is 3.39. The Morgan fingerprint density at radius 3 is 2.82 bits per heavy atom. The molecule has 0 spiro atoms. The second kappa shape index (κ2) is 5.50. The third kappa shape index (κ3) is 3.19. The molecule has 1 fully saturated rings. The predicted octanol–water partition coefficient (Wildman–Crippen LogP) is 2.58.